The maximum Gasteiger partial charge on any atom is 0.251 e. The lowest BCUT2D eigenvalue weighted by Crippen LogP contribution is -2.33. The number of nitrogens with one attached hydrogen (secondary N) is 2. The number of anilines is 1. The topological polar surface area (TPSA) is 88.9 Å². The molecule has 1 heterocycles. The van der Waals surface area contributed by atoms with E-state index in [-0.39, 0.29) is 29.5 Å². The highest BCUT2D eigenvalue weighted by Gasteiger charge is 2.26. The number of hydrogen-bond acceptors (Lipinski definition) is 5. The number of aromatic nitrogens is 3. The molecule has 0 bridgehead atoms. The largest absolute Gasteiger partial charge is 0.342 e. The van der Waals surface area contributed by atoms with Crippen molar-refractivity contribution in [2.45, 2.75) is 45.4 Å². The average molecular weight is 470 g/mol. The molecular weight excluding hydrogens is 441 g/mol. The van der Waals surface area contributed by atoms with E-state index in [0.717, 1.165) is 5.56 Å². The van der Waals surface area contributed by atoms with Crippen LogP contribution in [0.1, 0.15) is 48.6 Å². The van der Waals surface area contributed by atoms with Crippen molar-refractivity contribution in [2.75, 3.05) is 11.1 Å². The molecule has 0 radical (unpaired) electrons. The molecule has 3 aromatic rings. The van der Waals surface area contributed by atoms with E-state index in [2.05, 4.69) is 20.8 Å². The fourth-order valence-electron chi connectivity index (χ4n) is 3.32. The second kappa shape index (κ2) is 11.1. The Morgan fingerprint density at radius 1 is 1.12 bits per heavy atom. The summed E-state index contributed by atoms with van der Waals surface area (Å²) in [6.07, 6.45) is 0. The van der Waals surface area contributed by atoms with Gasteiger partial charge in [0, 0.05) is 17.8 Å². The lowest BCUT2D eigenvalue weighted by atomic mass is 10.0. The summed E-state index contributed by atoms with van der Waals surface area (Å²) >= 11 is 1.25. The number of benzene rings is 2. The molecule has 174 valence electrons. The van der Waals surface area contributed by atoms with E-state index < -0.39 is 5.82 Å². The van der Waals surface area contributed by atoms with Gasteiger partial charge in [-0.25, -0.2) is 4.39 Å². The Morgan fingerprint density at radius 3 is 2.52 bits per heavy atom. The first-order valence-corrected chi connectivity index (χ1v) is 11.8. The van der Waals surface area contributed by atoms with Gasteiger partial charge < -0.3 is 15.2 Å². The summed E-state index contributed by atoms with van der Waals surface area (Å²) in [7, 11) is 0. The molecule has 0 saturated carbocycles. The summed E-state index contributed by atoms with van der Waals surface area (Å²) < 4.78 is 15.4. The predicted octanol–water partition coefficient (Wildman–Crippen LogP) is 4.60. The molecule has 0 aliphatic rings. The quantitative estimate of drug-likeness (QED) is 0.447. The lowest BCUT2D eigenvalue weighted by Gasteiger charge is -2.22. The normalized spacial score (nSPS) is 11.9. The van der Waals surface area contributed by atoms with Gasteiger partial charge in [-0.3, -0.25) is 9.59 Å². The fraction of sp³-hybridized carbons (Fsp3) is 0.333. The van der Waals surface area contributed by atoms with Crippen LogP contribution in [0, 0.1) is 18.7 Å². The Morgan fingerprint density at radius 2 is 1.85 bits per heavy atom. The first kappa shape index (κ1) is 24.4. The van der Waals surface area contributed by atoms with Gasteiger partial charge in [0.15, 0.2) is 11.0 Å². The Kier molecular flexibility index (Phi) is 8.21. The second-order valence-corrected chi connectivity index (χ2v) is 8.88. The molecular formula is C24H28FN5O2S. The molecule has 33 heavy (non-hydrogen) atoms. The summed E-state index contributed by atoms with van der Waals surface area (Å²) in [5.74, 6) is -0.0459. The Labute approximate surface area is 197 Å². The van der Waals surface area contributed by atoms with E-state index in [0.29, 0.717) is 28.8 Å². The number of amides is 2. The minimum absolute atomic E-state index is 0.0734. The van der Waals surface area contributed by atoms with Gasteiger partial charge >= 0.3 is 0 Å². The highest BCUT2D eigenvalue weighted by molar-refractivity contribution is 7.99. The Balaban J connectivity index is 1.71. The van der Waals surface area contributed by atoms with Gasteiger partial charge in [-0.1, -0.05) is 49.9 Å². The Bertz CT molecular complexity index is 1120. The van der Waals surface area contributed by atoms with Crippen molar-refractivity contribution in [3.63, 3.8) is 0 Å². The van der Waals surface area contributed by atoms with Crippen molar-refractivity contribution >= 4 is 29.3 Å². The molecule has 0 spiro atoms. The molecule has 3 rings (SSSR count). The third-order valence-corrected chi connectivity index (χ3v) is 6.10. The summed E-state index contributed by atoms with van der Waals surface area (Å²) in [6, 6.07) is 12.9. The zero-order chi connectivity index (χ0) is 24.0. The van der Waals surface area contributed by atoms with Crippen molar-refractivity contribution in [2.24, 2.45) is 5.92 Å². The molecule has 2 amide bonds. The summed E-state index contributed by atoms with van der Waals surface area (Å²) in [5.41, 5.74) is 1.80. The number of hydrogen-bond donors (Lipinski definition) is 2. The molecule has 2 N–H and O–H groups in total. The van der Waals surface area contributed by atoms with Crippen molar-refractivity contribution < 1.29 is 14.0 Å². The first-order valence-electron chi connectivity index (χ1n) is 10.8. The van der Waals surface area contributed by atoms with Crippen molar-refractivity contribution in [1.82, 2.24) is 20.1 Å². The molecule has 1 aromatic heterocycles. The van der Waals surface area contributed by atoms with E-state index in [1.54, 1.807) is 25.1 Å². The van der Waals surface area contributed by atoms with Crippen molar-refractivity contribution in [3.8, 4) is 0 Å². The van der Waals surface area contributed by atoms with Gasteiger partial charge in [-0.15, -0.1) is 10.2 Å². The molecule has 7 nitrogen and oxygen atoms in total. The van der Waals surface area contributed by atoms with E-state index in [1.165, 1.54) is 23.9 Å². The summed E-state index contributed by atoms with van der Waals surface area (Å²) in [5, 5.41) is 15.0. The van der Waals surface area contributed by atoms with Crippen LogP contribution in [0.5, 0.6) is 0 Å². The molecule has 1 atom stereocenters. The number of thioether (sulfide) groups is 1. The zero-order valence-electron chi connectivity index (χ0n) is 19.1. The van der Waals surface area contributed by atoms with Gasteiger partial charge in [0.1, 0.15) is 5.82 Å². The molecule has 0 unspecified atom stereocenters. The average Bonchev–Trinajstić information content (AvgIpc) is 3.21. The van der Waals surface area contributed by atoms with Crippen molar-refractivity contribution in [3.05, 3.63) is 71.3 Å². The van der Waals surface area contributed by atoms with Crippen LogP contribution in [0.15, 0.2) is 53.7 Å². The summed E-state index contributed by atoms with van der Waals surface area (Å²) in [6.45, 7) is 8.36. The van der Waals surface area contributed by atoms with Crippen LogP contribution >= 0.6 is 11.8 Å². The number of aryl methyl sites for hydroxylation is 1. The molecule has 0 aliphatic carbocycles. The third-order valence-electron chi connectivity index (χ3n) is 5.14. The minimum Gasteiger partial charge on any atom is -0.342 e. The first-order chi connectivity index (χ1) is 15.8. The fourth-order valence-corrected chi connectivity index (χ4v) is 4.13. The predicted molar refractivity (Wildman–Crippen MR) is 128 cm³/mol. The zero-order valence-corrected chi connectivity index (χ0v) is 19.9. The molecule has 0 aliphatic heterocycles. The van der Waals surface area contributed by atoms with Crippen LogP contribution in [-0.4, -0.2) is 32.3 Å². The SMILES string of the molecule is CCn1c(SCC(=O)Nc2cc(F)ccc2C)nnc1[C@@H](NC(=O)c1ccccc1)C(C)C. The number of halogens is 1. The Hall–Kier alpha value is -3.20. The number of rotatable bonds is 9. The van der Waals surface area contributed by atoms with E-state index >= 15 is 0 Å². The molecule has 2 aromatic carbocycles. The van der Waals surface area contributed by atoms with Gasteiger partial charge in [0.2, 0.25) is 5.91 Å². The number of nitrogens with zero attached hydrogens (tertiary/aromatic N) is 3. The van der Waals surface area contributed by atoms with Gasteiger partial charge in [-0.2, -0.15) is 0 Å². The van der Waals surface area contributed by atoms with Crippen molar-refractivity contribution in [1.29, 1.82) is 0 Å². The van der Waals surface area contributed by atoms with Crippen LogP contribution in [-0.2, 0) is 11.3 Å². The maximum absolute atomic E-state index is 13.5. The minimum atomic E-state index is -0.406. The van der Waals surface area contributed by atoms with Crippen LogP contribution in [0.4, 0.5) is 10.1 Å². The number of carbonyl (C=O) groups excluding carboxylic acids is 2. The van der Waals surface area contributed by atoms with Crippen LogP contribution in [0.25, 0.3) is 0 Å². The van der Waals surface area contributed by atoms with Crippen LogP contribution in [0.2, 0.25) is 0 Å². The second-order valence-electron chi connectivity index (χ2n) is 7.94. The summed E-state index contributed by atoms with van der Waals surface area (Å²) in [4.78, 5) is 25.2. The number of carbonyl (C=O) groups is 2. The smallest absolute Gasteiger partial charge is 0.251 e. The molecule has 0 saturated heterocycles. The third kappa shape index (κ3) is 6.19. The standard InChI is InChI=1S/C24H28FN5O2S/c1-5-30-22(21(15(2)3)27-23(32)17-9-7-6-8-10-17)28-29-24(30)33-14-20(31)26-19-13-18(25)12-11-16(19)4/h6-13,15,21H,5,14H2,1-4H3,(H,26,31)(H,27,32)/t21-/m0/s1. The lowest BCUT2D eigenvalue weighted by molar-refractivity contribution is -0.113. The highest BCUT2D eigenvalue weighted by Crippen LogP contribution is 2.26. The van der Waals surface area contributed by atoms with E-state index in [4.69, 9.17) is 0 Å². The van der Waals surface area contributed by atoms with Gasteiger partial charge in [0.05, 0.1) is 11.8 Å². The van der Waals surface area contributed by atoms with Crippen LogP contribution in [0.3, 0.4) is 0 Å². The monoisotopic (exact) mass is 469 g/mol. The van der Waals surface area contributed by atoms with E-state index in [9.17, 15) is 14.0 Å². The van der Waals surface area contributed by atoms with Gasteiger partial charge in [0.25, 0.3) is 5.91 Å². The molecule has 9 heteroatoms. The molecule has 0 fully saturated rings. The van der Waals surface area contributed by atoms with Crippen LogP contribution < -0.4 is 10.6 Å². The van der Waals surface area contributed by atoms with E-state index in [1.807, 2.05) is 43.5 Å². The van der Waals surface area contributed by atoms with Gasteiger partial charge in [-0.05, 0) is 49.6 Å². The highest BCUT2D eigenvalue weighted by atomic mass is 32.2. The maximum atomic E-state index is 13.5.